The largest absolute Gasteiger partial charge is 0.488 e. The first-order valence-corrected chi connectivity index (χ1v) is 6.59. The van der Waals surface area contributed by atoms with E-state index in [4.69, 9.17) is 18.6 Å². The first-order chi connectivity index (χ1) is 7.88. The lowest BCUT2D eigenvalue weighted by atomic mass is 9.49. The zero-order valence-electron chi connectivity index (χ0n) is 13.3. The summed E-state index contributed by atoms with van der Waals surface area (Å²) in [6.45, 7) is 16.2. The minimum Gasteiger partial charge on any atom is -0.405 e. The monoisotopic (exact) mass is 288 g/mol. The molecule has 2 aliphatic rings. The Labute approximate surface area is 124 Å². The lowest BCUT2D eigenvalue weighted by Crippen LogP contribution is -2.41. The summed E-state index contributed by atoms with van der Waals surface area (Å²) in [5.74, 6) is 0. The highest BCUT2D eigenvalue weighted by Crippen LogP contribution is 2.42. The Hall–Kier alpha value is 0.320. The molecule has 0 bridgehead atoms. The summed E-state index contributed by atoms with van der Waals surface area (Å²) in [6.07, 6.45) is 0. The van der Waals surface area contributed by atoms with Crippen LogP contribution in [0.4, 0.5) is 0 Å². The second-order valence-corrected chi connectivity index (χ2v) is 7.25. The molecule has 0 unspecified atom stereocenters. The molecule has 2 heterocycles. The van der Waals surface area contributed by atoms with Crippen LogP contribution in [0.3, 0.4) is 0 Å². The summed E-state index contributed by atoms with van der Waals surface area (Å²) >= 11 is 0. The summed E-state index contributed by atoms with van der Waals surface area (Å²) in [4.78, 5) is 0. The van der Waals surface area contributed by atoms with Gasteiger partial charge in [-0.25, -0.2) is 0 Å². The maximum absolute atomic E-state index is 5.96. The highest BCUT2D eigenvalue weighted by atomic mass is 32.1. The van der Waals surface area contributed by atoms with Crippen molar-refractivity contribution in [1.82, 2.24) is 0 Å². The molecule has 0 saturated carbocycles. The van der Waals surface area contributed by atoms with Crippen LogP contribution in [0, 0.1) is 0 Å². The molecule has 0 aromatic rings. The van der Waals surface area contributed by atoms with Gasteiger partial charge in [0.2, 0.25) is 0 Å². The van der Waals surface area contributed by atoms with Crippen molar-refractivity contribution in [1.29, 1.82) is 0 Å². The van der Waals surface area contributed by atoms with Gasteiger partial charge in [-0.2, -0.15) is 13.5 Å². The van der Waals surface area contributed by atoms with Gasteiger partial charge in [0.05, 0.1) is 22.4 Å². The average Bonchev–Trinajstić information content (AvgIpc) is 2.45. The van der Waals surface area contributed by atoms with Crippen LogP contribution < -0.4 is 0 Å². The molecule has 0 amide bonds. The van der Waals surface area contributed by atoms with Gasteiger partial charge in [0, 0.05) is 0 Å². The molecule has 19 heavy (non-hydrogen) atoms. The lowest BCUT2D eigenvalue weighted by molar-refractivity contribution is 0.00578. The molecule has 0 aromatic heterocycles. The summed E-state index contributed by atoms with van der Waals surface area (Å²) in [5, 5.41) is 0. The quantitative estimate of drug-likeness (QED) is 0.694. The van der Waals surface area contributed by atoms with Crippen molar-refractivity contribution in [3.8, 4) is 0 Å². The first-order valence-electron chi connectivity index (χ1n) is 6.59. The van der Waals surface area contributed by atoms with Crippen molar-refractivity contribution < 1.29 is 18.6 Å². The molecule has 0 aliphatic carbocycles. The van der Waals surface area contributed by atoms with Crippen molar-refractivity contribution >= 4 is 27.5 Å². The molecule has 7 heteroatoms. The zero-order valence-corrected chi connectivity index (χ0v) is 14.3. The Balaban J connectivity index is 0.00000180. The standard InChI is InChI=1S/C12H24B2O4.H2S/c1-9(2)10(3,4)16-13(15-9)14-17-11(5,6)12(7,8)18-14;/h1-8H3;1H2. The molecule has 0 N–H and O–H groups in total. The Kier molecular flexibility index (Phi) is 4.27. The highest BCUT2D eigenvalue weighted by Gasteiger charge is 2.63. The predicted octanol–water partition coefficient (Wildman–Crippen LogP) is 2.36. The summed E-state index contributed by atoms with van der Waals surface area (Å²) in [5.41, 5.74) is -1.44. The molecular weight excluding hydrogens is 262 g/mol. The normalized spacial score (nSPS) is 30.3. The maximum Gasteiger partial charge on any atom is 0.488 e. The number of hydrogen-bond donors (Lipinski definition) is 0. The van der Waals surface area contributed by atoms with Crippen molar-refractivity contribution in [3.63, 3.8) is 0 Å². The molecule has 0 atom stereocenters. The van der Waals surface area contributed by atoms with Gasteiger partial charge in [0.1, 0.15) is 0 Å². The van der Waals surface area contributed by atoms with Crippen molar-refractivity contribution in [2.45, 2.75) is 77.8 Å². The Morgan fingerprint density at radius 1 is 0.474 bits per heavy atom. The van der Waals surface area contributed by atoms with E-state index in [2.05, 4.69) is 0 Å². The van der Waals surface area contributed by atoms with E-state index in [1.54, 1.807) is 0 Å². The van der Waals surface area contributed by atoms with Crippen LogP contribution >= 0.6 is 13.5 Å². The molecule has 0 radical (unpaired) electrons. The van der Waals surface area contributed by atoms with Gasteiger partial charge in [0.25, 0.3) is 0 Å². The van der Waals surface area contributed by atoms with Crippen LogP contribution in [-0.2, 0) is 18.6 Å². The fourth-order valence-corrected chi connectivity index (χ4v) is 2.00. The van der Waals surface area contributed by atoms with E-state index in [0.717, 1.165) is 0 Å². The third-order valence-electron chi connectivity index (χ3n) is 4.77. The summed E-state index contributed by atoms with van der Waals surface area (Å²) in [7, 11) is -0.952. The van der Waals surface area contributed by atoms with E-state index < -0.39 is 14.0 Å². The van der Waals surface area contributed by atoms with E-state index in [1.165, 1.54) is 0 Å². The van der Waals surface area contributed by atoms with E-state index in [9.17, 15) is 0 Å². The van der Waals surface area contributed by atoms with Crippen LogP contribution in [0.1, 0.15) is 55.4 Å². The van der Waals surface area contributed by atoms with Crippen LogP contribution in [0.5, 0.6) is 0 Å². The van der Waals surface area contributed by atoms with Crippen LogP contribution in [0.25, 0.3) is 0 Å². The van der Waals surface area contributed by atoms with E-state index in [1.807, 2.05) is 55.4 Å². The Bertz CT molecular complexity index is 292. The van der Waals surface area contributed by atoms with Gasteiger partial charge in [-0.05, 0) is 55.4 Å². The fraction of sp³-hybridized carbons (Fsp3) is 1.00. The van der Waals surface area contributed by atoms with E-state index in [-0.39, 0.29) is 35.9 Å². The van der Waals surface area contributed by atoms with Gasteiger partial charge in [-0.3, -0.25) is 0 Å². The third kappa shape index (κ3) is 2.72. The summed E-state index contributed by atoms with van der Waals surface area (Å²) in [6, 6.07) is 0. The van der Waals surface area contributed by atoms with Crippen molar-refractivity contribution in [3.05, 3.63) is 0 Å². The smallest absolute Gasteiger partial charge is 0.405 e. The molecule has 2 saturated heterocycles. The fourth-order valence-electron chi connectivity index (χ4n) is 2.00. The van der Waals surface area contributed by atoms with Gasteiger partial charge < -0.3 is 18.6 Å². The minimum atomic E-state index is -0.476. The summed E-state index contributed by atoms with van der Waals surface area (Å²) < 4.78 is 23.8. The van der Waals surface area contributed by atoms with Gasteiger partial charge in [-0.1, -0.05) is 0 Å². The molecular formula is C12H26B2O4S. The van der Waals surface area contributed by atoms with Crippen LogP contribution in [0.15, 0.2) is 0 Å². The van der Waals surface area contributed by atoms with E-state index >= 15 is 0 Å². The molecule has 110 valence electrons. The second kappa shape index (κ2) is 4.67. The topological polar surface area (TPSA) is 36.9 Å². The van der Waals surface area contributed by atoms with Gasteiger partial charge in [-0.15, -0.1) is 0 Å². The molecule has 2 aliphatic heterocycles. The van der Waals surface area contributed by atoms with Gasteiger partial charge in [0.15, 0.2) is 0 Å². The molecule has 2 rings (SSSR count). The minimum absolute atomic E-state index is 0. The van der Waals surface area contributed by atoms with E-state index in [0.29, 0.717) is 0 Å². The molecule has 4 nitrogen and oxygen atoms in total. The second-order valence-electron chi connectivity index (χ2n) is 7.25. The highest BCUT2D eigenvalue weighted by molar-refractivity contribution is 7.59. The van der Waals surface area contributed by atoms with Crippen molar-refractivity contribution in [2.24, 2.45) is 0 Å². The molecule has 0 spiro atoms. The van der Waals surface area contributed by atoms with Crippen LogP contribution in [-0.4, -0.2) is 36.4 Å². The van der Waals surface area contributed by atoms with Crippen molar-refractivity contribution in [2.75, 3.05) is 0 Å². The Morgan fingerprint density at radius 3 is 0.789 bits per heavy atom. The third-order valence-corrected chi connectivity index (χ3v) is 4.77. The average molecular weight is 288 g/mol. The maximum atomic E-state index is 5.96. The SMILES string of the molecule is CC1(C)OB(B2OC(C)(C)C(C)(C)O2)OC1(C)C.S. The zero-order chi connectivity index (χ0) is 14.0. The van der Waals surface area contributed by atoms with Crippen LogP contribution in [0.2, 0.25) is 0 Å². The number of rotatable bonds is 1. The first kappa shape index (κ1) is 17.4. The lowest BCUT2D eigenvalue weighted by Gasteiger charge is -2.32. The van der Waals surface area contributed by atoms with Gasteiger partial charge >= 0.3 is 14.0 Å². The molecule has 0 aromatic carbocycles. The molecule has 2 fully saturated rings. The predicted molar refractivity (Wildman–Crippen MR) is 82.5 cm³/mol. The Morgan fingerprint density at radius 2 is 0.632 bits per heavy atom. The number of hydrogen-bond acceptors (Lipinski definition) is 4.